The van der Waals surface area contributed by atoms with E-state index in [1.807, 2.05) is 13.0 Å². The zero-order valence-electron chi connectivity index (χ0n) is 13.6. The first-order valence-corrected chi connectivity index (χ1v) is 7.29. The Morgan fingerprint density at radius 2 is 2.00 bits per heavy atom. The van der Waals surface area contributed by atoms with Crippen LogP contribution in [0.25, 0.3) is 0 Å². The van der Waals surface area contributed by atoms with Gasteiger partial charge in [0.25, 0.3) is 0 Å². The van der Waals surface area contributed by atoms with Crippen LogP contribution in [-0.2, 0) is 4.74 Å². The highest BCUT2D eigenvalue weighted by atomic mass is 16.6. The molecule has 1 aromatic carbocycles. The number of alkyl carbamates (subject to hydrolysis) is 1. The molecular formula is C16H26N2O4. The Balaban J connectivity index is 2.48. The Bertz CT molecular complexity index is 511. The number of ether oxygens (including phenoxy) is 1. The number of hydrogen-bond donors (Lipinski definition) is 4. The Hall–Kier alpha value is -1.79. The summed E-state index contributed by atoms with van der Waals surface area (Å²) in [6.07, 6.45) is -2.49. The molecule has 6 nitrogen and oxygen atoms in total. The molecule has 5 N–H and O–H groups in total. The highest BCUT2D eigenvalue weighted by molar-refractivity contribution is 5.67. The molecule has 1 amide bonds. The normalized spacial score (nSPS) is 14.3. The van der Waals surface area contributed by atoms with Gasteiger partial charge < -0.3 is 26.0 Å². The molecule has 0 radical (unpaired) electrons. The van der Waals surface area contributed by atoms with Gasteiger partial charge in [-0.25, -0.2) is 4.79 Å². The van der Waals surface area contributed by atoms with E-state index < -0.39 is 23.9 Å². The van der Waals surface area contributed by atoms with E-state index in [4.69, 9.17) is 10.5 Å². The van der Waals surface area contributed by atoms with E-state index >= 15 is 0 Å². The van der Waals surface area contributed by atoms with Crippen LogP contribution in [0.5, 0.6) is 0 Å². The van der Waals surface area contributed by atoms with Crippen molar-refractivity contribution >= 4 is 11.8 Å². The van der Waals surface area contributed by atoms with Crippen LogP contribution in [-0.4, -0.2) is 34.6 Å². The van der Waals surface area contributed by atoms with E-state index in [0.29, 0.717) is 11.3 Å². The van der Waals surface area contributed by atoms with Crippen LogP contribution in [0.1, 0.15) is 44.4 Å². The summed E-state index contributed by atoms with van der Waals surface area (Å²) >= 11 is 0. The highest BCUT2D eigenvalue weighted by Crippen LogP contribution is 2.25. The van der Waals surface area contributed by atoms with Crippen molar-refractivity contribution in [1.82, 2.24) is 5.32 Å². The van der Waals surface area contributed by atoms with Crippen LogP contribution in [0.2, 0.25) is 0 Å². The maximum absolute atomic E-state index is 11.5. The maximum atomic E-state index is 11.5. The quantitative estimate of drug-likeness (QED) is 0.622. The molecule has 0 aliphatic heterocycles. The molecule has 0 aliphatic rings. The third-order valence-electron chi connectivity index (χ3n) is 3.03. The third-order valence-corrected chi connectivity index (χ3v) is 3.03. The minimum absolute atomic E-state index is 0.188. The third kappa shape index (κ3) is 5.91. The summed E-state index contributed by atoms with van der Waals surface area (Å²) in [6, 6.07) is 5.25. The minimum Gasteiger partial charge on any atom is -0.444 e. The van der Waals surface area contributed by atoms with Crippen molar-refractivity contribution in [2.24, 2.45) is 0 Å². The van der Waals surface area contributed by atoms with Crippen molar-refractivity contribution in [3.63, 3.8) is 0 Å². The lowest BCUT2D eigenvalue weighted by molar-refractivity contribution is 0.0127. The number of hydrogen-bond acceptors (Lipinski definition) is 5. The van der Waals surface area contributed by atoms with E-state index in [1.54, 1.807) is 32.9 Å². The molecule has 2 atom stereocenters. The number of nitrogens with one attached hydrogen (secondary N) is 1. The molecule has 0 saturated heterocycles. The predicted octanol–water partition coefficient (Wildman–Crippen LogP) is 1.89. The molecule has 2 unspecified atom stereocenters. The molecular weight excluding hydrogens is 284 g/mol. The lowest BCUT2D eigenvalue weighted by Gasteiger charge is -2.22. The van der Waals surface area contributed by atoms with Gasteiger partial charge in [-0.15, -0.1) is 0 Å². The van der Waals surface area contributed by atoms with E-state index in [2.05, 4.69) is 5.32 Å². The summed E-state index contributed by atoms with van der Waals surface area (Å²) in [5, 5.41) is 22.7. The molecule has 0 heterocycles. The van der Waals surface area contributed by atoms with Crippen LogP contribution in [0.15, 0.2) is 18.2 Å². The number of carbonyl (C=O) groups is 1. The molecule has 22 heavy (non-hydrogen) atoms. The summed E-state index contributed by atoms with van der Waals surface area (Å²) in [7, 11) is 0. The van der Waals surface area contributed by atoms with Crippen molar-refractivity contribution in [2.75, 3.05) is 12.3 Å². The zero-order chi connectivity index (χ0) is 16.9. The van der Waals surface area contributed by atoms with Crippen LogP contribution in [0.4, 0.5) is 10.5 Å². The molecule has 0 aliphatic carbocycles. The predicted molar refractivity (Wildman–Crippen MR) is 85.4 cm³/mol. The number of aliphatic hydroxyl groups excluding tert-OH is 2. The summed E-state index contributed by atoms with van der Waals surface area (Å²) in [4.78, 5) is 11.5. The van der Waals surface area contributed by atoms with Gasteiger partial charge in [0.15, 0.2) is 0 Å². The van der Waals surface area contributed by atoms with E-state index in [0.717, 1.165) is 5.56 Å². The average molecular weight is 310 g/mol. The second-order valence-corrected chi connectivity index (χ2v) is 6.36. The molecule has 0 saturated carbocycles. The summed E-state index contributed by atoms with van der Waals surface area (Å²) in [5.41, 5.74) is 7.17. The number of nitrogens with two attached hydrogens (primary N) is 1. The van der Waals surface area contributed by atoms with Gasteiger partial charge in [-0.3, -0.25) is 0 Å². The molecule has 1 rings (SSSR count). The Morgan fingerprint density at radius 1 is 1.36 bits per heavy atom. The zero-order valence-corrected chi connectivity index (χ0v) is 13.6. The van der Waals surface area contributed by atoms with Gasteiger partial charge >= 0.3 is 6.09 Å². The lowest BCUT2D eigenvalue weighted by atomic mass is 9.99. The van der Waals surface area contributed by atoms with E-state index in [1.165, 1.54) is 0 Å². The highest BCUT2D eigenvalue weighted by Gasteiger charge is 2.21. The average Bonchev–Trinajstić information content (AvgIpc) is 2.35. The van der Waals surface area contributed by atoms with Gasteiger partial charge in [-0.2, -0.15) is 0 Å². The second kappa shape index (κ2) is 7.47. The molecule has 0 bridgehead atoms. The number of aryl methyl sites for hydroxylation is 1. The van der Waals surface area contributed by atoms with Crippen LogP contribution >= 0.6 is 0 Å². The largest absolute Gasteiger partial charge is 0.444 e. The van der Waals surface area contributed by atoms with Crippen molar-refractivity contribution in [2.45, 2.75) is 51.9 Å². The molecule has 1 aromatic rings. The van der Waals surface area contributed by atoms with Crippen molar-refractivity contribution in [3.05, 3.63) is 29.3 Å². The van der Waals surface area contributed by atoms with Gasteiger partial charge in [-0.1, -0.05) is 12.1 Å². The van der Waals surface area contributed by atoms with Crippen LogP contribution in [0, 0.1) is 6.92 Å². The van der Waals surface area contributed by atoms with Gasteiger partial charge in [0, 0.05) is 17.8 Å². The summed E-state index contributed by atoms with van der Waals surface area (Å²) in [5.74, 6) is 0. The Morgan fingerprint density at radius 3 is 2.55 bits per heavy atom. The van der Waals surface area contributed by atoms with Gasteiger partial charge in [0.1, 0.15) is 11.7 Å². The van der Waals surface area contributed by atoms with Crippen molar-refractivity contribution in [1.29, 1.82) is 0 Å². The Kier molecular flexibility index (Phi) is 6.20. The molecule has 0 fully saturated rings. The molecule has 0 aromatic heterocycles. The first-order chi connectivity index (χ1) is 10.1. The summed E-state index contributed by atoms with van der Waals surface area (Å²) in [6.45, 7) is 7.40. The smallest absolute Gasteiger partial charge is 0.407 e. The maximum Gasteiger partial charge on any atom is 0.407 e. The van der Waals surface area contributed by atoms with Crippen LogP contribution in [0.3, 0.4) is 0 Å². The van der Waals surface area contributed by atoms with Gasteiger partial charge in [0.2, 0.25) is 0 Å². The first-order valence-electron chi connectivity index (χ1n) is 7.29. The van der Waals surface area contributed by atoms with Crippen molar-refractivity contribution < 1.29 is 19.7 Å². The van der Waals surface area contributed by atoms with E-state index in [-0.39, 0.29) is 13.0 Å². The molecule has 124 valence electrons. The molecule has 6 heteroatoms. The fraction of sp³-hybridized carbons (Fsp3) is 0.562. The number of benzene rings is 1. The number of amides is 1. The standard InChI is InChI=1S/C16H26N2O4/c1-10-5-6-11(12(17)9-10)14(20)13(19)7-8-18-15(21)22-16(2,3)4/h5-6,9,13-14,19-20H,7-8,17H2,1-4H3,(H,18,21). The fourth-order valence-corrected chi connectivity index (χ4v) is 1.96. The Labute approximate surface area is 131 Å². The number of carbonyl (C=O) groups excluding carboxylic acids is 1. The number of anilines is 1. The monoisotopic (exact) mass is 310 g/mol. The first kappa shape index (κ1) is 18.3. The number of nitrogen functional groups attached to an aromatic ring is 1. The molecule has 0 spiro atoms. The number of rotatable bonds is 5. The lowest BCUT2D eigenvalue weighted by Crippen LogP contribution is -2.34. The van der Waals surface area contributed by atoms with Crippen LogP contribution < -0.4 is 11.1 Å². The van der Waals surface area contributed by atoms with Crippen molar-refractivity contribution in [3.8, 4) is 0 Å². The minimum atomic E-state index is -1.10. The van der Waals surface area contributed by atoms with Gasteiger partial charge in [-0.05, 0) is 45.7 Å². The van der Waals surface area contributed by atoms with E-state index in [9.17, 15) is 15.0 Å². The number of aliphatic hydroxyl groups is 2. The summed E-state index contributed by atoms with van der Waals surface area (Å²) < 4.78 is 5.08. The SMILES string of the molecule is Cc1ccc(C(O)C(O)CCNC(=O)OC(C)(C)C)c(N)c1. The topological polar surface area (TPSA) is 105 Å². The second-order valence-electron chi connectivity index (χ2n) is 6.36. The fourth-order valence-electron chi connectivity index (χ4n) is 1.96. The van der Waals surface area contributed by atoms with Gasteiger partial charge in [0.05, 0.1) is 6.10 Å².